The minimum atomic E-state index is -0.964. The fourth-order valence-electron chi connectivity index (χ4n) is 2.96. The van der Waals surface area contributed by atoms with E-state index < -0.39 is 18.3 Å². The summed E-state index contributed by atoms with van der Waals surface area (Å²) in [6.45, 7) is 11.8. The first-order valence-electron chi connectivity index (χ1n) is 17.1. The molecule has 3 rings (SSSR count). The van der Waals surface area contributed by atoms with Gasteiger partial charge in [0.1, 0.15) is 32.0 Å². The number of hydrogen-bond acceptors (Lipinski definition) is 17. The molecule has 0 aliphatic heterocycles. The Kier molecular flexibility index (Phi) is 22.4. The van der Waals surface area contributed by atoms with E-state index in [-0.39, 0.29) is 92.2 Å². The van der Waals surface area contributed by atoms with Gasteiger partial charge in [-0.05, 0) is 6.42 Å². The summed E-state index contributed by atoms with van der Waals surface area (Å²) in [5.74, 6) is 0.477. The predicted octanol–water partition coefficient (Wildman–Crippen LogP) is 0.827. The average Bonchev–Trinajstić information content (AvgIpc) is 3.16. The lowest BCUT2D eigenvalue weighted by molar-refractivity contribution is -0.119. The summed E-state index contributed by atoms with van der Waals surface area (Å²) in [5.41, 5.74) is 0. The van der Waals surface area contributed by atoms with Crippen molar-refractivity contribution in [3.8, 4) is 17.5 Å². The molecule has 0 saturated carbocycles. The van der Waals surface area contributed by atoms with Crippen LogP contribution in [0.2, 0.25) is 0 Å². The van der Waals surface area contributed by atoms with Crippen LogP contribution in [-0.4, -0.2) is 125 Å². The highest BCUT2D eigenvalue weighted by Crippen LogP contribution is 2.12. The Morgan fingerprint density at radius 3 is 1.33 bits per heavy atom. The number of carbonyl (C=O) groups excluding carboxylic acids is 3. The van der Waals surface area contributed by atoms with Crippen LogP contribution in [0.3, 0.4) is 0 Å². The van der Waals surface area contributed by atoms with Gasteiger partial charge < -0.3 is 39.7 Å². The van der Waals surface area contributed by atoms with Gasteiger partial charge in [-0.25, -0.2) is 19.9 Å². The number of aliphatic hydroxyl groups excluding tert-OH is 5. The molecule has 0 aromatic carbocycles. The SMILES string of the molecule is CC(C)C(=O)Nc1ncc(OC[C@H](O)CO)cn1.CC(C)C(=O)Nc1nccc(OC[C@H](O)CO)n1.CC[C@H](O)COc1ccnc(NC(=O)C(C)C)n1. The first kappa shape index (κ1) is 46.9. The molecule has 20 nitrogen and oxygen atoms in total. The summed E-state index contributed by atoms with van der Waals surface area (Å²) < 4.78 is 15.5. The van der Waals surface area contributed by atoms with Gasteiger partial charge in [0.25, 0.3) is 0 Å². The van der Waals surface area contributed by atoms with E-state index in [9.17, 15) is 19.5 Å². The zero-order chi connectivity index (χ0) is 40.6. The number of anilines is 3. The molecule has 0 fully saturated rings. The molecule has 20 heteroatoms. The lowest BCUT2D eigenvalue weighted by Gasteiger charge is -2.10. The van der Waals surface area contributed by atoms with Crippen molar-refractivity contribution < 1.29 is 54.1 Å². The molecule has 54 heavy (non-hydrogen) atoms. The molecule has 3 amide bonds. The quantitative estimate of drug-likeness (QED) is 0.0890. The lowest BCUT2D eigenvalue weighted by atomic mass is 10.2. The third-order valence-corrected chi connectivity index (χ3v) is 6.35. The van der Waals surface area contributed by atoms with E-state index in [1.54, 1.807) is 47.6 Å². The van der Waals surface area contributed by atoms with Crippen molar-refractivity contribution in [3.05, 3.63) is 36.9 Å². The number of nitrogens with zero attached hydrogens (tertiary/aromatic N) is 6. The van der Waals surface area contributed by atoms with E-state index in [4.69, 9.17) is 34.6 Å². The van der Waals surface area contributed by atoms with E-state index in [2.05, 4.69) is 45.9 Å². The van der Waals surface area contributed by atoms with Gasteiger partial charge in [0, 0.05) is 42.3 Å². The molecule has 3 atom stereocenters. The van der Waals surface area contributed by atoms with E-state index in [0.29, 0.717) is 18.1 Å². The fraction of sp³-hybridized carbons (Fsp3) is 0.559. The number of aromatic nitrogens is 6. The highest BCUT2D eigenvalue weighted by atomic mass is 16.5. The maximum absolute atomic E-state index is 11.5. The van der Waals surface area contributed by atoms with Crippen molar-refractivity contribution in [3.63, 3.8) is 0 Å². The van der Waals surface area contributed by atoms with E-state index in [1.165, 1.54) is 30.9 Å². The second kappa shape index (κ2) is 25.8. The van der Waals surface area contributed by atoms with Gasteiger partial charge in [0.2, 0.25) is 47.3 Å². The van der Waals surface area contributed by atoms with Crippen LogP contribution in [0.5, 0.6) is 17.5 Å². The molecule has 0 aliphatic carbocycles. The number of amides is 3. The monoisotopic (exact) mass is 763 g/mol. The van der Waals surface area contributed by atoms with Gasteiger partial charge in [0.05, 0.1) is 31.7 Å². The number of rotatable bonds is 18. The van der Waals surface area contributed by atoms with E-state index in [0.717, 1.165) is 0 Å². The fourth-order valence-corrected chi connectivity index (χ4v) is 2.96. The second-order valence-corrected chi connectivity index (χ2v) is 12.3. The summed E-state index contributed by atoms with van der Waals surface area (Å²) in [5, 5.41) is 52.4. The molecule has 3 aromatic heterocycles. The topological polar surface area (TPSA) is 293 Å². The van der Waals surface area contributed by atoms with Crippen molar-refractivity contribution in [2.75, 3.05) is 49.0 Å². The summed E-state index contributed by atoms with van der Waals surface area (Å²) in [6, 6.07) is 3.07. The molecule has 0 spiro atoms. The van der Waals surface area contributed by atoms with Crippen LogP contribution in [0, 0.1) is 17.8 Å². The highest BCUT2D eigenvalue weighted by molar-refractivity contribution is 5.91. The Bertz CT molecular complexity index is 1460. The Labute approximate surface area is 313 Å². The maximum atomic E-state index is 11.5. The van der Waals surface area contributed by atoms with Gasteiger partial charge in [0.15, 0.2) is 5.75 Å². The summed E-state index contributed by atoms with van der Waals surface area (Å²) in [6.07, 6.45) is 3.88. The molecule has 0 saturated heterocycles. The van der Waals surface area contributed by atoms with Gasteiger partial charge in [-0.3, -0.25) is 30.3 Å². The summed E-state index contributed by atoms with van der Waals surface area (Å²) >= 11 is 0. The molecule has 0 radical (unpaired) electrons. The Hall–Kier alpha value is -5.15. The van der Waals surface area contributed by atoms with Gasteiger partial charge in [-0.2, -0.15) is 9.97 Å². The molecule has 300 valence electrons. The highest BCUT2D eigenvalue weighted by Gasteiger charge is 2.12. The number of aliphatic hydroxyl groups is 5. The van der Waals surface area contributed by atoms with E-state index in [1.807, 2.05) is 6.92 Å². The van der Waals surface area contributed by atoms with Gasteiger partial charge in [-0.15, -0.1) is 0 Å². The lowest BCUT2D eigenvalue weighted by Crippen LogP contribution is -2.22. The molecular formula is C34H53N9O11. The van der Waals surface area contributed by atoms with Crippen molar-refractivity contribution in [1.29, 1.82) is 0 Å². The zero-order valence-electron chi connectivity index (χ0n) is 31.5. The number of carbonyl (C=O) groups is 3. The predicted molar refractivity (Wildman–Crippen MR) is 195 cm³/mol. The maximum Gasteiger partial charge on any atom is 0.232 e. The van der Waals surface area contributed by atoms with Gasteiger partial charge >= 0.3 is 0 Å². The first-order valence-corrected chi connectivity index (χ1v) is 17.1. The minimum Gasteiger partial charge on any atom is -0.488 e. The summed E-state index contributed by atoms with van der Waals surface area (Å²) in [7, 11) is 0. The molecular weight excluding hydrogens is 710 g/mol. The molecule has 0 aliphatic rings. The third-order valence-electron chi connectivity index (χ3n) is 6.35. The van der Waals surface area contributed by atoms with Crippen LogP contribution in [0.4, 0.5) is 17.8 Å². The minimum absolute atomic E-state index is 0.0441. The number of nitrogens with one attached hydrogen (secondary N) is 3. The van der Waals surface area contributed by atoms with E-state index >= 15 is 0 Å². The molecule has 3 aromatic rings. The molecule has 0 unspecified atom stereocenters. The Balaban J connectivity index is 0.000000405. The Morgan fingerprint density at radius 2 is 0.963 bits per heavy atom. The zero-order valence-corrected chi connectivity index (χ0v) is 31.5. The normalized spacial score (nSPS) is 12.3. The number of ether oxygens (including phenoxy) is 3. The van der Waals surface area contributed by atoms with Crippen LogP contribution >= 0.6 is 0 Å². The second-order valence-electron chi connectivity index (χ2n) is 12.3. The van der Waals surface area contributed by atoms with Crippen molar-refractivity contribution >= 4 is 35.6 Å². The summed E-state index contributed by atoms with van der Waals surface area (Å²) in [4.78, 5) is 57.8. The molecule has 3 heterocycles. The van der Waals surface area contributed by atoms with Crippen molar-refractivity contribution in [2.45, 2.75) is 73.2 Å². The van der Waals surface area contributed by atoms with Crippen LogP contribution < -0.4 is 30.2 Å². The van der Waals surface area contributed by atoms with Crippen molar-refractivity contribution in [1.82, 2.24) is 29.9 Å². The van der Waals surface area contributed by atoms with Crippen LogP contribution in [0.25, 0.3) is 0 Å². The standard InChI is InChI=1S/C12H19N3O3.2C11H17N3O4/c1-4-9(16)7-18-10-5-6-13-12(14-10)15-11(17)8(2)3;1-7(2)10(17)14-11-12-3-9(4-13-11)18-6-8(16)5-15;1-7(2)10(17)14-11-12-4-3-9(13-11)18-6-8(16)5-15/h5-6,8-9,16H,4,7H2,1-3H3,(H,13,14,15,17);2*3-4,7-8,15-16H,5-6H2,1-2H3,(H,12,13,14,17)/t9-;2*8-/m011/s1. The van der Waals surface area contributed by atoms with Gasteiger partial charge in [-0.1, -0.05) is 48.5 Å². The van der Waals surface area contributed by atoms with Crippen LogP contribution in [0.1, 0.15) is 54.9 Å². The Morgan fingerprint density at radius 1 is 0.593 bits per heavy atom. The molecule has 8 N–H and O–H groups in total. The third kappa shape index (κ3) is 20.2. The van der Waals surface area contributed by atoms with Crippen LogP contribution in [0.15, 0.2) is 36.9 Å². The smallest absolute Gasteiger partial charge is 0.232 e. The number of hydrogen-bond donors (Lipinski definition) is 8. The average molecular weight is 764 g/mol. The van der Waals surface area contributed by atoms with Crippen LogP contribution in [-0.2, 0) is 14.4 Å². The van der Waals surface area contributed by atoms with Crippen molar-refractivity contribution in [2.24, 2.45) is 17.8 Å². The largest absolute Gasteiger partial charge is 0.488 e. The first-order chi connectivity index (χ1) is 25.6. The molecule has 0 bridgehead atoms.